The van der Waals surface area contributed by atoms with Gasteiger partial charge in [-0.2, -0.15) is 0 Å². The summed E-state index contributed by atoms with van der Waals surface area (Å²) < 4.78 is 21.3. The van der Waals surface area contributed by atoms with Gasteiger partial charge in [0.1, 0.15) is 23.3 Å². The molecule has 0 aliphatic heterocycles. The Morgan fingerprint density at radius 3 is 2.67 bits per heavy atom. The Kier molecular flexibility index (Phi) is 6.91. The van der Waals surface area contributed by atoms with E-state index in [2.05, 4.69) is 15.4 Å². The second-order valence-electron chi connectivity index (χ2n) is 7.52. The van der Waals surface area contributed by atoms with Crippen LogP contribution in [0.5, 0.6) is 0 Å². The standard InChI is InChI=1S/C22H27FN6O/c1-15(2)14-19(24)25-21-18-6-5-11-29(18)27-22(26-21)20(30-13-12-28(3)4)16-7-9-17(23)10-8-16/h5-11,14,20H,12-13H2,1-4H3,(H2,24,25,26,27). The van der Waals surface area contributed by atoms with Crippen LogP contribution < -0.4 is 5.32 Å². The van der Waals surface area contributed by atoms with Gasteiger partial charge < -0.3 is 15.0 Å². The lowest BCUT2D eigenvalue weighted by molar-refractivity contribution is 0.0627. The highest BCUT2D eigenvalue weighted by Crippen LogP contribution is 2.26. The van der Waals surface area contributed by atoms with E-state index in [9.17, 15) is 4.39 Å². The first-order valence-electron chi connectivity index (χ1n) is 9.71. The number of halogens is 1. The van der Waals surface area contributed by atoms with Crippen LogP contribution in [0.1, 0.15) is 31.3 Å². The molecule has 7 nitrogen and oxygen atoms in total. The largest absolute Gasteiger partial charge is 0.364 e. The molecule has 0 radical (unpaired) electrons. The van der Waals surface area contributed by atoms with Crippen molar-refractivity contribution in [2.75, 3.05) is 32.6 Å². The van der Waals surface area contributed by atoms with Crippen molar-refractivity contribution in [1.29, 1.82) is 5.41 Å². The van der Waals surface area contributed by atoms with Crippen LogP contribution in [0.4, 0.5) is 10.2 Å². The zero-order chi connectivity index (χ0) is 21.7. The van der Waals surface area contributed by atoms with E-state index in [1.807, 2.05) is 51.2 Å². The Labute approximate surface area is 175 Å². The molecule has 0 fully saturated rings. The molecule has 3 rings (SSSR count). The van der Waals surface area contributed by atoms with Crippen molar-refractivity contribution >= 4 is 17.2 Å². The van der Waals surface area contributed by atoms with Crippen LogP contribution in [0.2, 0.25) is 0 Å². The van der Waals surface area contributed by atoms with E-state index < -0.39 is 6.10 Å². The number of nitrogens with one attached hydrogen (secondary N) is 2. The van der Waals surface area contributed by atoms with Crippen molar-refractivity contribution in [3.05, 3.63) is 71.4 Å². The maximum Gasteiger partial charge on any atom is 0.184 e. The number of rotatable bonds is 8. The average molecular weight is 410 g/mol. The van der Waals surface area contributed by atoms with Crippen molar-refractivity contribution in [3.63, 3.8) is 0 Å². The normalized spacial score (nSPS) is 12.2. The minimum absolute atomic E-state index is 0.231. The summed E-state index contributed by atoms with van der Waals surface area (Å²) in [6.45, 7) is 5.04. The smallest absolute Gasteiger partial charge is 0.184 e. The first-order valence-corrected chi connectivity index (χ1v) is 9.71. The molecule has 0 amide bonds. The van der Waals surface area contributed by atoms with Crippen molar-refractivity contribution in [3.8, 4) is 0 Å². The Balaban J connectivity index is 2.01. The van der Waals surface area contributed by atoms with Crippen molar-refractivity contribution in [2.45, 2.75) is 20.0 Å². The highest BCUT2D eigenvalue weighted by molar-refractivity contribution is 6.03. The lowest BCUT2D eigenvalue weighted by Crippen LogP contribution is -2.22. The van der Waals surface area contributed by atoms with Crippen LogP contribution in [0.25, 0.3) is 5.52 Å². The van der Waals surface area contributed by atoms with Gasteiger partial charge in [-0.25, -0.2) is 13.9 Å². The number of allylic oxidation sites excluding steroid dienone is 1. The molecule has 1 aromatic carbocycles. The van der Waals surface area contributed by atoms with Crippen LogP contribution in [-0.2, 0) is 4.74 Å². The van der Waals surface area contributed by atoms with Gasteiger partial charge in [0.05, 0.1) is 6.61 Å². The third-order valence-corrected chi connectivity index (χ3v) is 4.32. The van der Waals surface area contributed by atoms with Gasteiger partial charge in [0.2, 0.25) is 0 Å². The molecule has 30 heavy (non-hydrogen) atoms. The summed E-state index contributed by atoms with van der Waals surface area (Å²) in [7, 11) is 3.94. The number of aromatic nitrogens is 3. The number of benzene rings is 1. The summed E-state index contributed by atoms with van der Waals surface area (Å²) in [5.74, 6) is 0.854. The van der Waals surface area contributed by atoms with E-state index in [4.69, 9.17) is 10.1 Å². The molecule has 3 aromatic rings. The molecule has 1 unspecified atom stereocenters. The molecule has 0 saturated carbocycles. The fourth-order valence-electron chi connectivity index (χ4n) is 2.92. The number of hydrogen-bond acceptors (Lipinski definition) is 5. The second kappa shape index (κ2) is 9.60. The maximum atomic E-state index is 13.5. The SMILES string of the molecule is CC(C)=CC(=N)Nc1nc(C(OCCN(C)C)c2ccc(F)cc2)nn2cccc12. The summed E-state index contributed by atoms with van der Waals surface area (Å²) in [6.07, 6.45) is 2.97. The van der Waals surface area contributed by atoms with Crippen LogP contribution in [0.15, 0.2) is 54.2 Å². The fraction of sp³-hybridized carbons (Fsp3) is 0.318. The van der Waals surface area contributed by atoms with Crippen LogP contribution in [-0.4, -0.2) is 52.6 Å². The molecule has 2 aromatic heterocycles. The van der Waals surface area contributed by atoms with Gasteiger partial charge in [0.15, 0.2) is 11.6 Å². The van der Waals surface area contributed by atoms with E-state index in [1.165, 1.54) is 12.1 Å². The van der Waals surface area contributed by atoms with Crippen LogP contribution in [0.3, 0.4) is 0 Å². The number of likely N-dealkylation sites (N-methyl/N-ethyl adjacent to an activating group) is 1. The minimum Gasteiger partial charge on any atom is -0.364 e. The predicted octanol–water partition coefficient (Wildman–Crippen LogP) is 3.89. The van der Waals surface area contributed by atoms with Gasteiger partial charge in [-0.15, -0.1) is 5.10 Å². The molecular formula is C22H27FN6O. The molecule has 0 saturated heterocycles. The summed E-state index contributed by atoms with van der Waals surface area (Å²) >= 11 is 0. The first-order chi connectivity index (χ1) is 14.3. The molecule has 2 heterocycles. The number of hydrogen-bond donors (Lipinski definition) is 2. The number of fused-ring (bicyclic) bond motifs is 1. The Bertz CT molecular complexity index is 1040. The third kappa shape index (κ3) is 5.49. The summed E-state index contributed by atoms with van der Waals surface area (Å²) in [5.41, 5.74) is 2.51. The summed E-state index contributed by atoms with van der Waals surface area (Å²) in [6, 6.07) is 9.89. The van der Waals surface area contributed by atoms with Gasteiger partial charge in [-0.1, -0.05) is 17.7 Å². The Morgan fingerprint density at radius 2 is 2.00 bits per heavy atom. The maximum absolute atomic E-state index is 13.5. The molecular weight excluding hydrogens is 383 g/mol. The van der Waals surface area contributed by atoms with Gasteiger partial charge in [-0.3, -0.25) is 5.41 Å². The number of amidine groups is 1. The van der Waals surface area contributed by atoms with E-state index >= 15 is 0 Å². The molecule has 0 bridgehead atoms. The van der Waals surface area contributed by atoms with Crippen LogP contribution in [0, 0.1) is 11.2 Å². The monoisotopic (exact) mass is 410 g/mol. The number of anilines is 1. The van der Waals surface area contributed by atoms with Crippen LogP contribution >= 0.6 is 0 Å². The third-order valence-electron chi connectivity index (χ3n) is 4.32. The van der Waals surface area contributed by atoms with E-state index in [0.29, 0.717) is 18.2 Å². The molecule has 0 spiro atoms. The topological polar surface area (TPSA) is 78.5 Å². The average Bonchev–Trinajstić information content (AvgIpc) is 3.14. The minimum atomic E-state index is -0.574. The lowest BCUT2D eigenvalue weighted by atomic mass is 10.1. The van der Waals surface area contributed by atoms with Crippen molar-refractivity contribution in [1.82, 2.24) is 19.5 Å². The van der Waals surface area contributed by atoms with Gasteiger partial charge in [0.25, 0.3) is 0 Å². The van der Waals surface area contributed by atoms with E-state index in [0.717, 1.165) is 23.2 Å². The highest BCUT2D eigenvalue weighted by atomic mass is 19.1. The molecule has 1 atom stereocenters. The number of ether oxygens (including phenoxy) is 1. The summed E-state index contributed by atoms with van der Waals surface area (Å²) in [5, 5.41) is 15.8. The molecule has 158 valence electrons. The Morgan fingerprint density at radius 1 is 1.27 bits per heavy atom. The molecule has 2 N–H and O–H groups in total. The first kappa shape index (κ1) is 21.6. The molecule has 0 aliphatic rings. The lowest BCUT2D eigenvalue weighted by Gasteiger charge is -2.20. The van der Waals surface area contributed by atoms with Crippen molar-refractivity contribution in [2.24, 2.45) is 0 Å². The zero-order valence-electron chi connectivity index (χ0n) is 17.7. The second-order valence-corrected chi connectivity index (χ2v) is 7.52. The van der Waals surface area contributed by atoms with Crippen molar-refractivity contribution < 1.29 is 9.13 Å². The van der Waals surface area contributed by atoms with E-state index in [-0.39, 0.29) is 11.7 Å². The summed E-state index contributed by atoms with van der Waals surface area (Å²) in [4.78, 5) is 6.69. The molecule has 0 aliphatic carbocycles. The zero-order valence-corrected chi connectivity index (χ0v) is 17.7. The van der Waals surface area contributed by atoms with Gasteiger partial charge in [-0.05, 0) is 63.8 Å². The highest BCUT2D eigenvalue weighted by Gasteiger charge is 2.21. The Hall–Kier alpha value is -3.10. The number of nitrogens with zero attached hydrogens (tertiary/aromatic N) is 4. The van der Waals surface area contributed by atoms with Gasteiger partial charge >= 0.3 is 0 Å². The quantitative estimate of drug-likeness (QED) is 0.435. The van der Waals surface area contributed by atoms with Gasteiger partial charge in [0, 0.05) is 12.7 Å². The van der Waals surface area contributed by atoms with E-state index in [1.54, 1.807) is 22.7 Å². The molecule has 8 heteroatoms. The fourth-order valence-corrected chi connectivity index (χ4v) is 2.92. The predicted molar refractivity (Wildman–Crippen MR) is 117 cm³/mol.